The van der Waals surface area contributed by atoms with Crippen molar-refractivity contribution in [2.75, 3.05) is 18.8 Å². The standard InChI is InChI=1S/C25H35ClN2O2S.ClH/c1-3-16-31(29,30)28-15-7-8-19-11-12-20-13-14-25(27-4-2)23(22(20)17-19)18-21-9-5-6-10-24(21)26;/h5-6,9-12,17,23,25,27-28H,3-4,7-8,13-16,18H2,1-2H3;1H. The van der Waals surface area contributed by atoms with Gasteiger partial charge in [0.05, 0.1) is 5.75 Å². The average molecular weight is 500 g/mol. The molecule has 0 fully saturated rings. The van der Waals surface area contributed by atoms with Gasteiger partial charge >= 0.3 is 0 Å². The molecule has 0 amide bonds. The molecule has 32 heavy (non-hydrogen) atoms. The molecule has 0 saturated heterocycles. The Labute approximate surface area is 205 Å². The Morgan fingerprint density at radius 1 is 1.12 bits per heavy atom. The summed E-state index contributed by atoms with van der Waals surface area (Å²) in [6.45, 7) is 5.49. The van der Waals surface area contributed by atoms with Crippen LogP contribution in [0.4, 0.5) is 0 Å². The second kappa shape index (κ2) is 13.0. The first-order chi connectivity index (χ1) is 14.9. The predicted octanol–water partition coefficient (Wildman–Crippen LogP) is 5.27. The maximum absolute atomic E-state index is 11.8. The zero-order valence-electron chi connectivity index (χ0n) is 19.1. The molecule has 1 aliphatic rings. The fourth-order valence-corrected chi connectivity index (χ4v) is 5.97. The minimum atomic E-state index is -3.13. The van der Waals surface area contributed by atoms with Crippen molar-refractivity contribution in [3.05, 3.63) is 69.7 Å². The second-order valence-electron chi connectivity index (χ2n) is 8.45. The van der Waals surface area contributed by atoms with Gasteiger partial charge in [-0.3, -0.25) is 0 Å². The monoisotopic (exact) mass is 498 g/mol. The van der Waals surface area contributed by atoms with Gasteiger partial charge in [0.1, 0.15) is 0 Å². The number of hydrogen-bond acceptors (Lipinski definition) is 3. The number of aryl methyl sites for hydroxylation is 2. The first-order valence-electron chi connectivity index (χ1n) is 11.5. The third-order valence-electron chi connectivity index (χ3n) is 6.12. The van der Waals surface area contributed by atoms with E-state index < -0.39 is 10.0 Å². The zero-order chi connectivity index (χ0) is 22.3. The van der Waals surface area contributed by atoms with E-state index in [1.165, 1.54) is 22.3 Å². The van der Waals surface area contributed by atoms with E-state index in [0.717, 1.165) is 43.7 Å². The number of nitrogens with one attached hydrogen (secondary N) is 2. The largest absolute Gasteiger partial charge is 0.314 e. The molecule has 0 heterocycles. The van der Waals surface area contributed by atoms with Crippen molar-refractivity contribution in [2.45, 2.75) is 64.3 Å². The van der Waals surface area contributed by atoms with Crippen molar-refractivity contribution >= 4 is 34.0 Å². The van der Waals surface area contributed by atoms with Crippen LogP contribution in [0, 0.1) is 0 Å². The fraction of sp³-hybridized carbons (Fsp3) is 0.520. The Bertz CT molecular complexity index is 966. The molecule has 0 radical (unpaired) electrons. The third-order valence-corrected chi connectivity index (χ3v) is 8.08. The summed E-state index contributed by atoms with van der Waals surface area (Å²) in [5, 5.41) is 4.53. The van der Waals surface area contributed by atoms with Gasteiger partial charge in [0.2, 0.25) is 10.0 Å². The van der Waals surface area contributed by atoms with Crippen LogP contribution >= 0.6 is 24.0 Å². The highest BCUT2D eigenvalue weighted by atomic mass is 35.5. The summed E-state index contributed by atoms with van der Waals surface area (Å²) in [6, 6.07) is 15.4. The number of hydrogen-bond donors (Lipinski definition) is 2. The van der Waals surface area contributed by atoms with Gasteiger partial charge in [0, 0.05) is 23.5 Å². The quantitative estimate of drug-likeness (QED) is 0.414. The summed E-state index contributed by atoms with van der Waals surface area (Å²) in [6.07, 6.45) is 5.45. The molecule has 0 aliphatic heterocycles. The molecule has 4 nitrogen and oxygen atoms in total. The number of likely N-dealkylation sites (N-methyl/N-ethyl adjacent to an activating group) is 1. The van der Waals surface area contributed by atoms with E-state index in [1.54, 1.807) is 0 Å². The first kappa shape index (κ1) is 27.1. The normalized spacial score (nSPS) is 18.1. The summed E-state index contributed by atoms with van der Waals surface area (Å²) in [7, 11) is -3.13. The van der Waals surface area contributed by atoms with Crippen LogP contribution in [0.15, 0.2) is 42.5 Å². The van der Waals surface area contributed by atoms with E-state index in [0.29, 0.717) is 24.9 Å². The van der Waals surface area contributed by atoms with Crippen LogP contribution in [-0.4, -0.2) is 33.3 Å². The molecular formula is C25H36Cl2N2O2S. The zero-order valence-corrected chi connectivity index (χ0v) is 21.5. The van der Waals surface area contributed by atoms with Crippen LogP contribution in [0.25, 0.3) is 0 Å². The lowest BCUT2D eigenvalue weighted by molar-refractivity contribution is 0.392. The van der Waals surface area contributed by atoms with E-state index in [9.17, 15) is 8.42 Å². The summed E-state index contributed by atoms with van der Waals surface area (Å²) in [5.74, 6) is 0.577. The molecule has 2 atom stereocenters. The molecule has 0 aromatic heterocycles. The van der Waals surface area contributed by atoms with Gasteiger partial charge in [-0.1, -0.05) is 61.8 Å². The molecule has 2 N–H and O–H groups in total. The Kier molecular flexibility index (Phi) is 11.0. The molecule has 7 heteroatoms. The van der Waals surface area contributed by atoms with Crippen molar-refractivity contribution in [2.24, 2.45) is 0 Å². The van der Waals surface area contributed by atoms with E-state index in [-0.39, 0.29) is 18.2 Å². The van der Waals surface area contributed by atoms with E-state index in [1.807, 2.05) is 19.1 Å². The molecule has 1 aliphatic carbocycles. The summed E-state index contributed by atoms with van der Waals surface area (Å²) >= 11 is 6.49. The minimum absolute atomic E-state index is 0. The van der Waals surface area contributed by atoms with Gasteiger partial charge in [0.15, 0.2) is 0 Å². The second-order valence-corrected chi connectivity index (χ2v) is 10.8. The molecule has 2 unspecified atom stereocenters. The van der Waals surface area contributed by atoms with Crippen LogP contribution in [0.5, 0.6) is 0 Å². The van der Waals surface area contributed by atoms with Gasteiger partial charge in [-0.15, -0.1) is 12.4 Å². The molecule has 0 saturated carbocycles. The van der Waals surface area contributed by atoms with Crippen LogP contribution < -0.4 is 10.0 Å². The Morgan fingerprint density at radius 2 is 1.91 bits per heavy atom. The van der Waals surface area contributed by atoms with Crippen LogP contribution in [-0.2, 0) is 29.3 Å². The summed E-state index contributed by atoms with van der Waals surface area (Å²) < 4.78 is 26.4. The number of benzene rings is 2. The lowest BCUT2D eigenvalue weighted by Gasteiger charge is -2.35. The van der Waals surface area contributed by atoms with Gasteiger partial charge in [-0.2, -0.15) is 0 Å². The van der Waals surface area contributed by atoms with Gasteiger partial charge in [-0.25, -0.2) is 13.1 Å². The predicted molar refractivity (Wildman–Crippen MR) is 138 cm³/mol. The number of fused-ring (bicyclic) bond motifs is 1. The van der Waals surface area contributed by atoms with Crippen molar-refractivity contribution in [1.29, 1.82) is 0 Å². The molecule has 0 spiro atoms. The summed E-state index contributed by atoms with van der Waals surface area (Å²) in [5.41, 5.74) is 5.31. The molecule has 2 aromatic rings. The first-order valence-corrected chi connectivity index (χ1v) is 13.5. The minimum Gasteiger partial charge on any atom is -0.314 e. The van der Waals surface area contributed by atoms with Crippen molar-refractivity contribution in [1.82, 2.24) is 10.0 Å². The number of sulfonamides is 1. The number of halogens is 2. The third kappa shape index (κ3) is 7.46. The van der Waals surface area contributed by atoms with Crippen LogP contribution in [0.3, 0.4) is 0 Å². The van der Waals surface area contributed by atoms with E-state index in [4.69, 9.17) is 11.6 Å². The SMILES string of the molecule is CCCS(=O)(=O)NCCCc1ccc2c(c1)C(Cc1ccccc1Cl)C(NCC)CC2.Cl. The number of rotatable bonds is 11. The molecule has 178 valence electrons. The average Bonchev–Trinajstić information content (AvgIpc) is 2.74. The van der Waals surface area contributed by atoms with Crippen LogP contribution in [0.2, 0.25) is 5.02 Å². The molecule has 3 rings (SSSR count). The Balaban J connectivity index is 0.00000363. The van der Waals surface area contributed by atoms with Gasteiger partial charge in [-0.05, 0) is 73.4 Å². The maximum Gasteiger partial charge on any atom is 0.211 e. The summed E-state index contributed by atoms with van der Waals surface area (Å²) in [4.78, 5) is 0. The highest BCUT2D eigenvalue weighted by Gasteiger charge is 2.29. The van der Waals surface area contributed by atoms with Crippen LogP contribution in [0.1, 0.15) is 61.3 Å². The lowest BCUT2D eigenvalue weighted by Crippen LogP contribution is -2.39. The van der Waals surface area contributed by atoms with Crippen molar-refractivity contribution < 1.29 is 8.42 Å². The topological polar surface area (TPSA) is 58.2 Å². The Hall–Kier alpha value is -1.11. The fourth-order valence-electron chi connectivity index (χ4n) is 4.62. The lowest BCUT2D eigenvalue weighted by atomic mass is 9.75. The van der Waals surface area contributed by atoms with Gasteiger partial charge in [0.25, 0.3) is 0 Å². The highest BCUT2D eigenvalue weighted by Crippen LogP contribution is 2.36. The van der Waals surface area contributed by atoms with Gasteiger partial charge < -0.3 is 5.32 Å². The molecule has 2 aromatic carbocycles. The molecule has 0 bridgehead atoms. The van der Waals surface area contributed by atoms with E-state index in [2.05, 4.69) is 47.3 Å². The van der Waals surface area contributed by atoms with Crippen molar-refractivity contribution in [3.63, 3.8) is 0 Å². The Morgan fingerprint density at radius 3 is 2.62 bits per heavy atom. The van der Waals surface area contributed by atoms with E-state index >= 15 is 0 Å². The van der Waals surface area contributed by atoms with Crippen molar-refractivity contribution in [3.8, 4) is 0 Å². The smallest absolute Gasteiger partial charge is 0.211 e. The maximum atomic E-state index is 11.8. The molecular weight excluding hydrogens is 463 g/mol. The highest BCUT2D eigenvalue weighted by molar-refractivity contribution is 7.89.